The molecule has 1 aromatic carbocycles. The first kappa shape index (κ1) is 20.3. The number of hydrogen-bond acceptors (Lipinski definition) is 4. The molecule has 2 atom stereocenters. The second kappa shape index (κ2) is 10.7. The minimum atomic E-state index is 0.743. The van der Waals surface area contributed by atoms with Gasteiger partial charge < -0.3 is 9.64 Å². The lowest BCUT2D eigenvalue weighted by Crippen LogP contribution is -2.56. The summed E-state index contributed by atoms with van der Waals surface area (Å²) in [7, 11) is 0. The predicted octanol–water partition coefficient (Wildman–Crippen LogP) is 3.48. The normalized spacial score (nSPS) is 27.6. The lowest BCUT2D eigenvalue weighted by atomic mass is 9.91. The number of hydrogen-bond donors (Lipinski definition) is 0. The standard InChI is InChI=1S/C24H39N3O/c1-3-8-22(9-4-1)18-26-15-16-27-19-23(10-11-24(27)20-26)21-28-17-7-14-25-12-5-2-6-13-25/h1,3-4,8-9,23-24H,2,5-7,10-21H2/t23?,24-/m0/s1. The summed E-state index contributed by atoms with van der Waals surface area (Å²) in [5.41, 5.74) is 1.45. The van der Waals surface area contributed by atoms with Crippen molar-refractivity contribution in [2.45, 2.75) is 51.1 Å². The fraction of sp³-hybridized carbons (Fsp3) is 0.750. The number of ether oxygens (including phenoxy) is 1. The monoisotopic (exact) mass is 385 g/mol. The van der Waals surface area contributed by atoms with Gasteiger partial charge >= 0.3 is 0 Å². The molecule has 156 valence electrons. The Morgan fingerprint density at radius 1 is 0.857 bits per heavy atom. The second-order valence-corrected chi connectivity index (χ2v) is 9.14. The summed E-state index contributed by atoms with van der Waals surface area (Å²) in [4.78, 5) is 8.01. The Hall–Kier alpha value is -0.940. The smallest absolute Gasteiger partial charge is 0.0506 e. The fourth-order valence-corrected chi connectivity index (χ4v) is 5.27. The summed E-state index contributed by atoms with van der Waals surface area (Å²) < 4.78 is 6.08. The Morgan fingerprint density at radius 2 is 1.71 bits per heavy atom. The van der Waals surface area contributed by atoms with Crippen LogP contribution in [0.3, 0.4) is 0 Å². The summed E-state index contributed by atoms with van der Waals surface area (Å²) in [5, 5.41) is 0. The molecule has 1 aromatic rings. The maximum absolute atomic E-state index is 6.08. The van der Waals surface area contributed by atoms with E-state index in [2.05, 4.69) is 45.0 Å². The van der Waals surface area contributed by atoms with E-state index in [0.29, 0.717) is 0 Å². The van der Waals surface area contributed by atoms with Crippen LogP contribution in [0.4, 0.5) is 0 Å². The molecule has 4 heteroatoms. The van der Waals surface area contributed by atoms with Crippen LogP contribution in [-0.4, -0.2) is 79.8 Å². The molecular weight excluding hydrogens is 346 g/mol. The Balaban J connectivity index is 1.10. The molecule has 3 saturated heterocycles. The van der Waals surface area contributed by atoms with Crippen LogP contribution in [0.25, 0.3) is 0 Å². The van der Waals surface area contributed by atoms with Gasteiger partial charge in [0.1, 0.15) is 0 Å². The molecule has 4 nitrogen and oxygen atoms in total. The van der Waals surface area contributed by atoms with Gasteiger partial charge in [-0.1, -0.05) is 36.8 Å². The molecule has 0 aromatic heterocycles. The van der Waals surface area contributed by atoms with Gasteiger partial charge in [-0.15, -0.1) is 0 Å². The summed E-state index contributed by atoms with van der Waals surface area (Å²) in [6.07, 6.45) is 8.09. The molecule has 4 rings (SSSR count). The van der Waals surface area contributed by atoms with E-state index in [1.54, 1.807) is 0 Å². The van der Waals surface area contributed by atoms with Crippen LogP contribution in [0.5, 0.6) is 0 Å². The summed E-state index contributed by atoms with van der Waals surface area (Å²) in [6, 6.07) is 11.7. The van der Waals surface area contributed by atoms with Crippen molar-refractivity contribution >= 4 is 0 Å². The third-order valence-corrected chi connectivity index (χ3v) is 6.90. The molecule has 3 aliphatic heterocycles. The molecule has 28 heavy (non-hydrogen) atoms. The SMILES string of the molecule is c1ccc(CN2CCN3CC(COCCCN4CCCCC4)CC[C@H]3C2)cc1. The molecule has 1 unspecified atom stereocenters. The van der Waals surface area contributed by atoms with E-state index in [9.17, 15) is 0 Å². The van der Waals surface area contributed by atoms with E-state index in [-0.39, 0.29) is 0 Å². The van der Waals surface area contributed by atoms with Gasteiger partial charge in [0.15, 0.2) is 0 Å². The largest absolute Gasteiger partial charge is 0.381 e. The number of piperidine rings is 2. The van der Waals surface area contributed by atoms with Crippen molar-refractivity contribution in [1.82, 2.24) is 14.7 Å². The highest BCUT2D eigenvalue weighted by Gasteiger charge is 2.32. The number of likely N-dealkylation sites (tertiary alicyclic amines) is 1. The summed E-state index contributed by atoms with van der Waals surface area (Å²) in [6.45, 7) is 11.8. The van der Waals surface area contributed by atoms with Crippen molar-refractivity contribution in [1.29, 1.82) is 0 Å². The molecule has 0 radical (unpaired) electrons. The zero-order valence-corrected chi connectivity index (χ0v) is 17.6. The predicted molar refractivity (Wildman–Crippen MR) is 116 cm³/mol. The first-order valence-corrected chi connectivity index (χ1v) is 11.7. The molecule has 0 spiro atoms. The minimum absolute atomic E-state index is 0.743. The van der Waals surface area contributed by atoms with E-state index in [1.165, 1.54) is 89.9 Å². The highest BCUT2D eigenvalue weighted by molar-refractivity contribution is 5.14. The third-order valence-electron chi connectivity index (χ3n) is 6.90. The zero-order chi connectivity index (χ0) is 19.0. The van der Waals surface area contributed by atoms with Crippen molar-refractivity contribution in [2.75, 3.05) is 59.0 Å². The van der Waals surface area contributed by atoms with E-state index in [4.69, 9.17) is 4.74 Å². The fourth-order valence-electron chi connectivity index (χ4n) is 5.27. The van der Waals surface area contributed by atoms with Crippen molar-refractivity contribution in [2.24, 2.45) is 5.92 Å². The van der Waals surface area contributed by atoms with Crippen LogP contribution in [0.1, 0.15) is 44.1 Å². The topological polar surface area (TPSA) is 19.0 Å². The third kappa shape index (κ3) is 6.03. The van der Waals surface area contributed by atoms with Crippen molar-refractivity contribution in [3.63, 3.8) is 0 Å². The number of rotatable bonds is 8. The molecule has 3 fully saturated rings. The lowest BCUT2D eigenvalue weighted by molar-refractivity contribution is -0.00316. The van der Waals surface area contributed by atoms with E-state index < -0.39 is 0 Å². The lowest BCUT2D eigenvalue weighted by Gasteiger charge is -2.46. The number of benzene rings is 1. The molecule has 0 aliphatic carbocycles. The highest BCUT2D eigenvalue weighted by atomic mass is 16.5. The Morgan fingerprint density at radius 3 is 2.57 bits per heavy atom. The van der Waals surface area contributed by atoms with E-state index in [1.807, 2.05) is 0 Å². The van der Waals surface area contributed by atoms with Crippen molar-refractivity contribution in [3.05, 3.63) is 35.9 Å². The first-order valence-electron chi connectivity index (χ1n) is 11.7. The minimum Gasteiger partial charge on any atom is -0.381 e. The Labute approximate surface area is 171 Å². The molecule has 0 bridgehead atoms. The van der Waals surface area contributed by atoms with Gasteiger partial charge in [-0.3, -0.25) is 9.80 Å². The molecule has 0 saturated carbocycles. The van der Waals surface area contributed by atoms with Gasteiger partial charge in [-0.05, 0) is 56.7 Å². The van der Waals surface area contributed by atoms with Crippen LogP contribution in [0, 0.1) is 5.92 Å². The second-order valence-electron chi connectivity index (χ2n) is 9.14. The van der Waals surface area contributed by atoms with Gasteiger partial charge in [0, 0.05) is 51.9 Å². The van der Waals surface area contributed by atoms with Crippen LogP contribution in [0.15, 0.2) is 30.3 Å². The zero-order valence-electron chi connectivity index (χ0n) is 17.6. The van der Waals surface area contributed by atoms with Gasteiger partial charge in [0.25, 0.3) is 0 Å². The highest BCUT2D eigenvalue weighted by Crippen LogP contribution is 2.26. The van der Waals surface area contributed by atoms with Crippen LogP contribution in [-0.2, 0) is 11.3 Å². The van der Waals surface area contributed by atoms with Gasteiger partial charge in [-0.2, -0.15) is 0 Å². The summed E-state index contributed by atoms with van der Waals surface area (Å²) in [5.74, 6) is 0.743. The average Bonchev–Trinajstić information content (AvgIpc) is 2.75. The van der Waals surface area contributed by atoms with Gasteiger partial charge in [-0.25, -0.2) is 0 Å². The van der Waals surface area contributed by atoms with Crippen molar-refractivity contribution < 1.29 is 4.74 Å². The maximum atomic E-state index is 6.08. The molecule has 3 aliphatic rings. The molecule has 3 heterocycles. The number of fused-ring (bicyclic) bond motifs is 1. The molecular formula is C24H39N3O. The van der Waals surface area contributed by atoms with Crippen LogP contribution in [0.2, 0.25) is 0 Å². The van der Waals surface area contributed by atoms with Gasteiger partial charge in [0.05, 0.1) is 6.61 Å². The van der Waals surface area contributed by atoms with Crippen LogP contribution >= 0.6 is 0 Å². The quantitative estimate of drug-likeness (QED) is 0.638. The Kier molecular flexibility index (Phi) is 7.79. The first-order chi connectivity index (χ1) is 13.9. The Bertz CT molecular complexity index is 560. The van der Waals surface area contributed by atoms with E-state index >= 15 is 0 Å². The number of piperazine rings is 1. The number of nitrogens with zero attached hydrogens (tertiary/aromatic N) is 3. The van der Waals surface area contributed by atoms with Crippen LogP contribution < -0.4 is 0 Å². The van der Waals surface area contributed by atoms with Gasteiger partial charge in [0.2, 0.25) is 0 Å². The molecule has 0 N–H and O–H groups in total. The van der Waals surface area contributed by atoms with E-state index in [0.717, 1.165) is 31.7 Å². The molecule has 0 amide bonds. The summed E-state index contributed by atoms with van der Waals surface area (Å²) >= 11 is 0. The maximum Gasteiger partial charge on any atom is 0.0506 e. The van der Waals surface area contributed by atoms with Crippen molar-refractivity contribution in [3.8, 4) is 0 Å². The average molecular weight is 386 g/mol.